The third-order valence-corrected chi connectivity index (χ3v) is 1.11. The summed E-state index contributed by atoms with van der Waals surface area (Å²) in [5.74, 6) is 9.42. The van der Waals surface area contributed by atoms with Crippen LogP contribution in [0.3, 0.4) is 0 Å². The smallest absolute Gasteiger partial charge is 0.343 e. The molecular weight excluding hydrogens is 188 g/mol. The van der Waals surface area contributed by atoms with Crippen LogP contribution in [0.2, 0.25) is 0 Å². The average Bonchev–Trinajstić information content (AvgIpc) is 2.22. The highest BCUT2D eigenvalue weighted by atomic mass is 16.3. The molecule has 0 fully saturated rings. The molecule has 0 saturated carbocycles. The third kappa shape index (κ3) is 5.63. The molecule has 7 nitrogen and oxygen atoms in total. The van der Waals surface area contributed by atoms with E-state index in [-0.39, 0.29) is 11.5 Å². The Bertz CT molecular complexity index is 248. The predicted molar refractivity (Wildman–Crippen MR) is 49.8 cm³/mol. The van der Waals surface area contributed by atoms with Crippen molar-refractivity contribution in [3.05, 3.63) is 24.3 Å². The van der Waals surface area contributed by atoms with Crippen LogP contribution in [0, 0.1) is 0 Å². The molecule has 2 amide bonds. The van der Waals surface area contributed by atoms with Crippen LogP contribution in [0.25, 0.3) is 0 Å². The summed E-state index contributed by atoms with van der Waals surface area (Å²) in [6.07, 6.45) is 0. The minimum Gasteiger partial charge on any atom is -0.508 e. The molecular formula is C7H12N4O3. The number of phenolic OH excluding ortho intramolecular Hbond substituents is 2. The Hall–Kier alpha value is -1.99. The van der Waals surface area contributed by atoms with Gasteiger partial charge in [0.05, 0.1) is 0 Å². The van der Waals surface area contributed by atoms with E-state index in [0.29, 0.717) is 0 Å². The van der Waals surface area contributed by atoms with Crippen LogP contribution < -0.4 is 22.5 Å². The maximum absolute atomic E-state index is 9.71. The number of rotatable bonds is 0. The van der Waals surface area contributed by atoms with E-state index in [1.807, 2.05) is 0 Å². The predicted octanol–water partition coefficient (Wildman–Crippen LogP) is -0.869. The van der Waals surface area contributed by atoms with Gasteiger partial charge in [-0.3, -0.25) is 10.9 Å². The zero-order chi connectivity index (χ0) is 11.0. The first-order chi connectivity index (χ1) is 6.60. The number of benzene rings is 1. The van der Waals surface area contributed by atoms with Crippen LogP contribution in [0.4, 0.5) is 4.79 Å². The van der Waals surface area contributed by atoms with Crippen LogP contribution in [0.5, 0.6) is 11.5 Å². The van der Waals surface area contributed by atoms with E-state index in [9.17, 15) is 4.79 Å². The fraction of sp³-hybridized carbons (Fsp3) is 0. The highest BCUT2D eigenvalue weighted by Crippen LogP contribution is 2.13. The molecule has 8 N–H and O–H groups in total. The first-order valence-electron chi connectivity index (χ1n) is 3.55. The van der Waals surface area contributed by atoms with Gasteiger partial charge in [-0.05, 0) is 24.3 Å². The van der Waals surface area contributed by atoms with Crippen LogP contribution >= 0.6 is 0 Å². The van der Waals surface area contributed by atoms with Gasteiger partial charge in [0, 0.05) is 0 Å². The monoisotopic (exact) mass is 200 g/mol. The highest BCUT2D eigenvalue weighted by molar-refractivity contribution is 5.72. The summed E-state index contributed by atoms with van der Waals surface area (Å²) >= 11 is 0. The van der Waals surface area contributed by atoms with E-state index in [1.165, 1.54) is 24.3 Å². The van der Waals surface area contributed by atoms with Crippen molar-refractivity contribution in [2.75, 3.05) is 0 Å². The number of urea groups is 1. The van der Waals surface area contributed by atoms with Gasteiger partial charge in [-0.2, -0.15) is 0 Å². The Labute approximate surface area is 80.3 Å². The lowest BCUT2D eigenvalue weighted by Crippen LogP contribution is -2.43. The maximum atomic E-state index is 9.71. The summed E-state index contributed by atoms with van der Waals surface area (Å²) in [6.45, 7) is 0. The van der Waals surface area contributed by atoms with Crippen molar-refractivity contribution in [2.45, 2.75) is 0 Å². The molecule has 0 atom stereocenters. The van der Waals surface area contributed by atoms with Gasteiger partial charge in [-0.15, -0.1) is 0 Å². The van der Waals surface area contributed by atoms with Crippen LogP contribution in [-0.2, 0) is 0 Å². The summed E-state index contributed by atoms with van der Waals surface area (Å²) in [5, 5.41) is 17.3. The zero-order valence-corrected chi connectivity index (χ0v) is 7.27. The van der Waals surface area contributed by atoms with Gasteiger partial charge in [0.1, 0.15) is 11.5 Å². The van der Waals surface area contributed by atoms with Crippen molar-refractivity contribution < 1.29 is 15.0 Å². The van der Waals surface area contributed by atoms with Crippen molar-refractivity contribution in [2.24, 2.45) is 11.7 Å². The number of aromatic hydroxyl groups is 2. The Morgan fingerprint density at radius 1 is 1.00 bits per heavy atom. The normalized spacial score (nSPS) is 8.14. The van der Waals surface area contributed by atoms with Crippen molar-refractivity contribution >= 4 is 6.03 Å². The molecule has 0 heterocycles. The lowest BCUT2D eigenvalue weighted by atomic mass is 10.3. The summed E-state index contributed by atoms with van der Waals surface area (Å²) in [6, 6.07) is 5.10. The van der Waals surface area contributed by atoms with E-state index in [0.717, 1.165) is 0 Å². The Balaban J connectivity index is 0.000000255. The van der Waals surface area contributed by atoms with Gasteiger partial charge >= 0.3 is 6.03 Å². The number of carbonyl (C=O) groups excluding carboxylic acids is 1. The van der Waals surface area contributed by atoms with Crippen LogP contribution in [-0.4, -0.2) is 16.2 Å². The van der Waals surface area contributed by atoms with Gasteiger partial charge < -0.3 is 10.2 Å². The lowest BCUT2D eigenvalue weighted by Gasteiger charge is -1.90. The van der Waals surface area contributed by atoms with Crippen LogP contribution in [0.1, 0.15) is 0 Å². The summed E-state index contributed by atoms with van der Waals surface area (Å²) in [4.78, 5) is 9.71. The summed E-state index contributed by atoms with van der Waals surface area (Å²) in [7, 11) is 0. The molecule has 0 bridgehead atoms. The largest absolute Gasteiger partial charge is 0.508 e. The molecule has 1 rings (SSSR count). The lowest BCUT2D eigenvalue weighted by molar-refractivity contribution is 0.241. The topological polar surface area (TPSA) is 134 Å². The van der Waals surface area contributed by atoms with E-state index < -0.39 is 6.03 Å². The number of nitrogens with one attached hydrogen (secondary N) is 2. The van der Waals surface area contributed by atoms with Gasteiger partial charge in [0.25, 0.3) is 0 Å². The molecule has 78 valence electrons. The number of hydrogen-bond donors (Lipinski definition) is 6. The van der Waals surface area contributed by atoms with Gasteiger partial charge in [0.2, 0.25) is 0 Å². The minimum atomic E-state index is -0.602. The summed E-state index contributed by atoms with van der Waals surface area (Å²) < 4.78 is 0. The number of carbonyl (C=O) groups is 1. The Morgan fingerprint density at radius 2 is 1.29 bits per heavy atom. The second-order valence-electron chi connectivity index (χ2n) is 2.13. The van der Waals surface area contributed by atoms with Gasteiger partial charge in [-0.25, -0.2) is 16.5 Å². The average molecular weight is 200 g/mol. The number of nitrogens with two attached hydrogens (primary N) is 2. The summed E-state index contributed by atoms with van der Waals surface area (Å²) in [5.41, 5.74) is 3.48. The fourth-order valence-corrected chi connectivity index (χ4v) is 0.494. The minimum absolute atomic E-state index is 0.169. The van der Waals surface area contributed by atoms with Crippen molar-refractivity contribution in [3.8, 4) is 11.5 Å². The third-order valence-electron chi connectivity index (χ3n) is 1.11. The highest BCUT2D eigenvalue weighted by Gasteiger charge is 1.84. The van der Waals surface area contributed by atoms with Crippen molar-refractivity contribution in [3.63, 3.8) is 0 Å². The molecule has 1 aromatic carbocycles. The van der Waals surface area contributed by atoms with Crippen LogP contribution in [0.15, 0.2) is 24.3 Å². The van der Waals surface area contributed by atoms with Gasteiger partial charge in [0.15, 0.2) is 0 Å². The fourth-order valence-electron chi connectivity index (χ4n) is 0.494. The molecule has 0 unspecified atom stereocenters. The molecule has 14 heavy (non-hydrogen) atoms. The molecule has 0 saturated heterocycles. The van der Waals surface area contributed by atoms with Crippen molar-refractivity contribution in [1.29, 1.82) is 0 Å². The molecule has 1 aromatic rings. The maximum Gasteiger partial charge on any atom is 0.343 e. The van der Waals surface area contributed by atoms with E-state index >= 15 is 0 Å². The molecule has 7 heteroatoms. The molecule has 0 aliphatic rings. The molecule has 0 aromatic heterocycles. The second kappa shape index (κ2) is 6.52. The Morgan fingerprint density at radius 3 is 1.43 bits per heavy atom. The SMILES string of the molecule is NNC(=O)NN.Oc1ccc(O)cc1. The van der Waals surface area contributed by atoms with Crippen molar-refractivity contribution in [1.82, 2.24) is 10.9 Å². The molecule has 0 aliphatic carbocycles. The number of hydrogen-bond acceptors (Lipinski definition) is 5. The second-order valence-corrected chi connectivity index (χ2v) is 2.13. The standard InChI is InChI=1S/C6H6O2.CH6N4O/c7-5-1-2-6(8)4-3-5;2-4-1(6)5-3/h1-4,7-8H;2-3H2,(H2,4,5,6). The van der Waals surface area contributed by atoms with E-state index in [1.54, 1.807) is 10.9 Å². The first kappa shape index (κ1) is 12.0. The number of hydrazine groups is 2. The number of amides is 2. The van der Waals surface area contributed by atoms with E-state index in [2.05, 4.69) is 11.7 Å². The molecule has 0 radical (unpaired) electrons. The molecule has 0 aliphatic heterocycles. The quantitative estimate of drug-likeness (QED) is 0.140. The number of phenols is 2. The Kier molecular flexibility index (Phi) is 5.59. The van der Waals surface area contributed by atoms with Gasteiger partial charge in [-0.1, -0.05) is 0 Å². The van der Waals surface area contributed by atoms with E-state index in [4.69, 9.17) is 10.2 Å². The zero-order valence-electron chi connectivity index (χ0n) is 7.27. The first-order valence-corrected chi connectivity index (χ1v) is 3.55. The molecule has 0 spiro atoms.